The van der Waals surface area contributed by atoms with Gasteiger partial charge in [-0.05, 0) is 36.8 Å². The van der Waals surface area contributed by atoms with Gasteiger partial charge in [0.1, 0.15) is 5.75 Å². The van der Waals surface area contributed by atoms with Gasteiger partial charge in [-0.3, -0.25) is 19.7 Å². The van der Waals surface area contributed by atoms with Gasteiger partial charge < -0.3 is 15.0 Å². The minimum Gasteiger partial charge on any atom is -0.494 e. The van der Waals surface area contributed by atoms with E-state index in [1.807, 2.05) is 19.1 Å². The average molecular weight is 448 g/mol. The van der Waals surface area contributed by atoms with Crippen LogP contribution in [-0.2, 0) is 9.59 Å². The summed E-state index contributed by atoms with van der Waals surface area (Å²) in [4.78, 5) is 37.0. The fourth-order valence-corrected chi connectivity index (χ4v) is 3.60. The number of nitro groups is 1. The number of rotatable bonds is 5. The van der Waals surface area contributed by atoms with Crippen LogP contribution in [0.3, 0.4) is 0 Å². The number of ether oxygens (including phenoxy) is 1. The van der Waals surface area contributed by atoms with Crippen LogP contribution in [0.1, 0.15) is 12.0 Å². The molecule has 0 aliphatic carbocycles. The molecule has 0 radical (unpaired) electrons. The second-order valence-corrected chi connectivity index (χ2v) is 7.38. The normalized spacial score (nSPS) is 16.2. The Kier molecular flexibility index (Phi) is 5.64. The predicted molar refractivity (Wildman–Crippen MR) is 108 cm³/mol. The lowest BCUT2D eigenvalue weighted by atomic mass is 10.1. The summed E-state index contributed by atoms with van der Waals surface area (Å²) >= 11 is 3.38. The van der Waals surface area contributed by atoms with Crippen LogP contribution >= 0.6 is 15.9 Å². The van der Waals surface area contributed by atoms with Crippen molar-refractivity contribution in [3.8, 4) is 5.75 Å². The molecule has 0 bridgehead atoms. The standard InChI is InChI=1S/C19H18BrN3O5/c1-11-7-13(20)3-5-15(11)21-19(25)12-8-18(24)22(10-12)16-6-4-14(23(26)27)9-17(16)28-2/h3-7,9,12H,8,10H2,1-2H3,(H,21,25)/t12-/m1/s1. The van der Waals surface area contributed by atoms with E-state index in [9.17, 15) is 19.7 Å². The van der Waals surface area contributed by atoms with E-state index in [1.54, 1.807) is 6.07 Å². The Morgan fingerprint density at radius 3 is 2.71 bits per heavy atom. The number of hydrogen-bond acceptors (Lipinski definition) is 5. The van der Waals surface area contributed by atoms with Gasteiger partial charge in [-0.25, -0.2) is 0 Å². The van der Waals surface area contributed by atoms with Crippen LogP contribution < -0.4 is 15.0 Å². The summed E-state index contributed by atoms with van der Waals surface area (Å²) in [5.74, 6) is -0.801. The molecule has 9 heteroatoms. The van der Waals surface area contributed by atoms with Gasteiger partial charge in [-0.2, -0.15) is 0 Å². The van der Waals surface area contributed by atoms with Gasteiger partial charge >= 0.3 is 0 Å². The SMILES string of the molecule is COc1cc([N+](=O)[O-])ccc1N1C[C@H](C(=O)Nc2ccc(Br)cc2C)CC1=O. The van der Waals surface area contributed by atoms with Crippen molar-refractivity contribution in [2.24, 2.45) is 5.92 Å². The van der Waals surface area contributed by atoms with Crippen molar-refractivity contribution in [3.63, 3.8) is 0 Å². The number of nitrogens with one attached hydrogen (secondary N) is 1. The maximum Gasteiger partial charge on any atom is 0.273 e. The number of non-ortho nitro benzene ring substituents is 1. The molecule has 1 fully saturated rings. The molecule has 1 aliphatic heterocycles. The van der Waals surface area contributed by atoms with E-state index < -0.39 is 10.8 Å². The maximum atomic E-state index is 12.6. The molecule has 2 aromatic carbocycles. The maximum absolute atomic E-state index is 12.6. The first kappa shape index (κ1) is 19.8. The first-order valence-corrected chi connectivity index (χ1v) is 9.29. The Hall–Kier alpha value is -2.94. The highest BCUT2D eigenvalue weighted by Crippen LogP contribution is 2.36. The number of nitrogens with zero attached hydrogens (tertiary/aromatic N) is 2. The summed E-state index contributed by atoms with van der Waals surface area (Å²) in [6.07, 6.45) is 0.0571. The van der Waals surface area contributed by atoms with Crippen molar-refractivity contribution >= 4 is 44.8 Å². The molecule has 1 saturated heterocycles. The number of nitro benzene ring substituents is 1. The van der Waals surface area contributed by atoms with E-state index in [-0.39, 0.29) is 36.2 Å². The smallest absolute Gasteiger partial charge is 0.273 e. The monoisotopic (exact) mass is 447 g/mol. The fraction of sp³-hybridized carbons (Fsp3) is 0.263. The zero-order chi connectivity index (χ0) is 20.4. The molecule has 1 aliphatic rings. The van der Waals surface area contributed by atoms with E-state index in [4.69, 9.17) is 4.74 Å². The molecule has 1 N–H and O–H groups in total. The van der Waals surface area contributed by atoms with E-state index in [2.05, 4.69) is 21.2 Å². The third kappa shape index (κ3) is 3.99. The summed E-state index contributed by atoms with van der Waals surface area (Å²) in [5, 5.41) is 13.8. The third-order valence-corrected chi connectivity index (χ3v) is 5.10. The molecule has 8 nitrogen and oxygen atoms in total. The number of amides is 2. The van der Waals surface area contributed by atoms with Gasteiger partial charge in [-0.15, -0.1) is 0 Å². The molecular formula is C19H18BrN3O5. The molecule has 2 amide bonds. The van der Waals surface area contributed by atoms with Crippen molar-refractivity contribution in [1.82, 2.24) is 0 Å². The summed E-state index contributed by atoms with van der Waals surface area (Å²) in [5.41, 5.74) is 1.87. The highest BCUT2D eigenvalue weighted by Gasteiger charge is 2.36. The van der Waals surface area contributed by atoms with E-state index in [1.165, 1.54) is 30.2 Å². The molecular weight excluding hydrogens is 430 g/mol. The average Bonchev–Trinajstić information content (AvgIpc) is 3.05. The van der Waals surface area contributed by atoms with Crippen molar-refractivity contribution in [1.29, 1.82) is 0 Å². The number of benzene rings is 2. The van der Waals surface area contributed by atoms with Gasteiger partial charge in [0.15, 0.2) is 0 Å². The second kappa shape index (κ2) is 7.97. The van der Waals surface area contributed by atoms with Crippen LogP contribution in [0.2, 0.25) is 0 Å². The van der Waals surface area contributed by atoms with Crippen molar-refractivity contribution in [2.45, 2.75) is 13.3 Å². The number of aryl methyl sites for hydroxylation is 1. The van der Waals surface area contributed by atoms with Crippen molar-refractivity contribution < 1.29 is 19.2 Å². The summed E-state index contributed by atoms with van der Waals surface area (Å²) < 4.78 is 6.12. The molecule has 0 unspecified atom stereocenters. The van der Waals surface area contributed by atoms with Crippen LogP contribution in [0.5, 0.6) is 5.75 Å². The van der Waals surface area contributed by atoms with E-state index in [0.29, 0.717) is 11.4 Å². The number of halogens is 1. The second-order valence-electron chi connectivity index (χ2n) is 6.47. The lowest BCUT2D eigenvalue weighted by Gasteiger charge is -2.19. The minimum atomic E-state index is -0.533. The van der Waals surface area contributed by atoms with E-state index >= 15 is 0 Å². The lowest BCUT2D eigenvalue weighted by molar-refractivity contribution is -0.384. The molecule has 0 saturated carbocycles. The molecule has 146 valence electrons. The van der Waals surface area contributed by atoms with Crippen LogP contribution in [0.15, 0.2) is 40.9 Å². The van der Waals surface area contributed by atoms with Crippen LogP contribution in [0.4, 0.5) is 17.1 Å². The molecule has 3 rings (SSSR count). The van der Waals surface area contributed by atoms with Gasteiger partial charge in [0.05, 0.1) is 29.7 Å². The van der Waals surface area contributed by atoms with Crippen LogP contribution in [-0.4, -0.2) is 30.4 Å². The molecule has 0 spiro atoms. The first-order valence-electron chi connectivity index (χ1n) is 8.50. The van der Waals surface area contributed by atoms with Gasteiger partial charge in [0.2, 0.25) is 11.8 Å². The fourth-order valence-electron chi connectivity index (χ4n) is 3.12. The number of carbonyl (C=O) groups is 2. The molecule has 28 heavy (non-hydrogen) atoms. The Labute approximate surface area is 169 Å². The number of carbonyl (C=O) groups excluding carboxylic acids is 2. The number of anilines is 2. The van der Waals surface area contributed by atoms with Crippen LogP contribution in [0, 0.1) is 23.0 Å². The third-order valence-electron chi connectivity index (χ3n) is 4.61. The minimum absolute atomic E-state index is 0.0571. The van der Waals surface area contributed by atoms with Crippen LogP contribution in [0.25, 0.3) is 0 Å². The summed E-state index contributed by atoms with van der Waals surface area (Å²) in [6.45, 7) is 2.06. The van der Waals surface area contributed by atoms with Crippen molar-refractivity contribution in [2.75, 3.05) is 23.9 Å². The molecule has 0 aromatic heterocycles. The Bertz CT molecular complexity index is 963. The summed E-state index contributed by atoms with van der Waals surface area (Å²) in [6, 6.07) is 9.56. The first-order chi connectivity index (χ1) is 13.3. The molecule has 2 aromatic rings. The largest absolute Gasteiger partial charge is 0.494 e. The molecule has 1 atom stereocenters. The van der Waals surface area contributed by atoms with Crippen molar-refractivity contribution in [3.05, 3.63) is 56.5 Å². The Morgan fingerprint density at radius 2 is 2.07 bits per heavy atom. The zero-order valence-corrected chi connectivity index (χ0v) is 16.9. The predicted octanol–water partition coefficient (Wildman–Crippen LogP) is 3.67. The highest BCUT2D eigenvalue weighted by molar-refractivity contribution is 9.10. The number of methoxy groups -OCH3 is 1. The lowest BCUT2D eigenvalue weighted by Crippen LogP contribution is -2.28. The highest BCUT2D eigenvalue weighted by atomic mass is 79.9. The molecule has 1 heterocycles. The van der Waals surface area contributed by atoms with E-state index in [0.717, 1.165) is 10.0 Å². The summed E-state index contributed by atoms with van der Waals surface area (Å²) in [7, 11) is 1.38. The topological polar surface area (TPSA) is 102 Å². The zero-order valence-electron chi connectivity index (χ0n) is 15.3. The quantitative estimate of drug-likeness (QED) is 0.556. The van der Waals surface area contributed by atoms with Gasteiger partial charge in [0.25, 0.3) is 5.69 Å². The number of hydrogen-bond donors (Lipinski definition) is 1. The van der Waals surface area contributed by atoms with Gasteiger partial charge in [0, 0.05) is 29.2 Å². The van der Waals surface area contributed by atoms with Gasteiger partial charge in [-0.1, -0.05) is 15.9 Å². The Balaban J connectivity index is 1.78. The Morgan fingerprint density at radius 1 is 1.32 bits per heavy atom.